The summed E-state index contributed by atoms with van der Waals surface area (Å²) in [7, 11) is 3.54. The number of methoxy groups -OCH3 is 1. The number of carbonyl (C=O) groups excluding carboxylic acids is 2. The third-order valence-corrected chi connectivity index (χ3v) is 7.29. The second kappa shape index (κ2) is 8.82. The zero-order valence-corrected chi connectivity index (χ0v) is 19.4. The van der Waals surface area contributed by atoms with Gasteiger partial charge in [-0.3, -0.25) is 14.3 Å². The van der Waals surface area contributed by atoms with Gasteiger partial charge in [-0.25, -0.2) is 0 Å². The number of amides is 2. The summed E-state index contributed by atoms with van der Waals surface area (Å²) in [5.41, 5.74) is 3.18. The molecule has 2 aromatic rings. The first kappa shape index (κ1) is 21.9. The summed E-state index contributed by atoms with van der Waals surface area (Å²) in [4.78, 5) is 27.4. The Bertz CT molecular complexity index is 1030. The van der Waals surface area contributed by atoms with Crippen LogP contribution < -0.4 is 10.1 Å². The van der Waals surface area contributed by atoms with Crippen molar-refractivity contribution in [3.8, 4) is 5.75 Å². The van der Waals surface area contributed by atoms with Gasteiger partial charge in [0, 0.05) is 44.4 Å². The average Bonchev–Trinajstić information content (AvgIpc) is 3.61. The summed E-state index contributed by atoms with van der Waals surface area (Å²) < 4.78 is 13.4. The normalized spacial score (nSPS) is 19.3. The van der Waals surface area contributed by atoms with Crippen molar-refractivity contribution in [2.75, 3.05) is 26.7 Å². The number of fused-ring (bicyclic) bond motifs is 1. The molecule has 176 valence electrons. The second-order valence-corrected chi connectivity index (χ2v) is 9.60. The Kier molecular flexibility index (Phi) is 5.86. The first-order chi connectivity index (χ1) is 16.0. The van der Waals surface area contributed by atoms with E-state index in [0.29, 0.717) is 37.7 Å². The molecule has 33 heavy (non-hydrogen) atoms. The lowest BCUT2D eigenvalue weighted by atomic mass is 9.83. The Balaban J connectivity index is 1.19. The minimum absolute atomic E-state index is 0.0998. The molecule has 1 aromatic carbocycles. The average molecular weight is 453 g/mol. The van der Waals surface area contributed by atoms with Gasteiger partial charge in [0.2, 0.25) is 5.91 Å². The summed E-state index contributed by atoms with van der Waals surface area (Å²) in [5.74, 6) is 1.46. The molecular formula is C25H32N4O4. The Morgan fingerprint density at radius 2 is 1.94 bits per heavy atom. The highest BCUT2D eigenvalue weighted by atomic mass is 16.5. The van der Waals surface area contributed by atoms with E-state index in [1.807, 2.05) is 40.9 Å². The van der Waals surface area contributed by atoms with Crippen LogP contribution in [0.15, 0.2) is 24.3 Å². The summed E-state index contributed by atoms with van der Waals surface area (Å²) in [6.45, 7) is 2.48. The minimum atomic E-state index is -0.292. The van der Waals surface area contributed by atoms with Gasteiger partial charge in [-0.2, -0.15) is 5.10 Å². The maximum Gasteiger partial charge on any atom is 0.272 e. The molecule has 8 heteroatoms. The highest BCUT2D eigenvalue weighted by Gasteiger charge is 2.42. The zero-order valence-electron chi connectivity index (χ0n) is 19.4. The first-order valence-corrected chi connectivity index (χ1v) is 11.8. The number of rotatable bonds is 6. The molecular weight excluding hydrogens is 420 g/mol. The molecule has 2 aliphatic heterocycles. The van der Waals surface area contributed by atoms with Gasteiger partial charge < -0.3 is 19.7 Å². The largest absolute Gasteiger partial charge is 0.497 e. The van der Waals surface area contributed by atoms with E-state index >= 15 is 0 Å². The number of benzene rings is 1. The number of piperidine rings is 1. The molecule has 0 bridgehead atoms. The predicted octanol–water partition coefficient (Wildman–Crippen LogP) is 2.25. The van der Waals surface area contributed by atoms with E-state index in [1.165, 1.54) is 12.8 Å². The van der Waals surface area contributed by atoms with Crippen LogP contribution in [0.3, 0.4) is 0 Å². The van der Waals surface area contributed by atoms with E-state index in [0.717, 1.165) is 48.4 Å². The molecule has 0 atom stereocenters. The van der Waals surface area contributed by atoms with Gasteiger partial charge in [0.1, 0.15) is 5.75 Å². The van der Waals surface area contributed by atoms with Crippen LogP contribution in [0.2, 0.25) is 0 Å². The molecule has 0 radical (unpaired) electrons. The van der Waals surface area contributed by atoms with Crippen molar-refractivity contribution in [3.05, 3.63) is 46.8 Å². The molecule has 2 fully saturated rings. The Hall–Kier alpha value is -2.87. The molecule has 5 rings (SSSR count). The Morgan fingerprint density at radius 3 is 2.61 bits per heavy atom. The number of nitrogens with one attached hydrogen (secondary N) is 1. The SMILES string of the molecule is COc1ccc(CC(=O)N2CCC3(CC2)Cc2c(c(C(=O)NCC4CC4)nn2C)CO3)cc1. The van der Waals surface area contributed by atoms with Crippen LogP contribution >= 0.6 is 0 Å². The summed E-state index contributed by atoms with van der Waals surface area (Å²) in [6.07, 6.45) is 5.09. The topological polar surface area (TPSA) is 85.7 Å². The Morgan fingerprint density at radius 1 is 1.21 bits per heavy atom. The third kappa shape index (κ3) is 4.62. The zero-order chi connectivity index (χ0) is 23.0. The molecule has 1 saturated heterocycles. The van der Waals surface area contributed by atoms with Crippen LogP contribution in [-0.4, -0.2) is 58.8 Å². The maximum atomic E-state index is 12.8. The number of aryl methyl sites for hydroxylation is 1. The van der Waals surface area contributed by atoms with Crippen molar-refractivity contribution in [2.24, 2.45) is 13.0 Å². The van der Waals surface area contributed by atoms with E-state index in [4.69, 9.17) is 9.47 Å². The Labute approximate surface area is 194 Å². The van der Waals surface area contributed by atoms with Gasteiger partial charge in [-0.1, -0.05) is 12.1 Å². The van der Waals surface area contributed by atoms with Gasteiger partial charge >= 0.3 is 0 Å². The van der Waals surface area contributed by atoms with Crippen LogP contribution in [-0.2, 0) is 36.0 Å². The number of likely N-dealkylation sites (tertiary alicyclic amines) is 1. The van der Waals surface area contributed by atoms with E-state index < -0.39 is 0 Å². The predicted molar refractivity (Wildman–Crippen MR) is 122 cm³/mol. The number of ether oxygens (including phenoxy) is 2. The molecule has 0 unspecified atom stereocenters. The summed E-state index contributed by atoms with van der Waals surface area (Å²) in [5, 5.41) is 7.54. The number of aromatic nitrogens is 2. The smallest absolute Gasteiger partial charge is 0.272 e. The van der Waals surface area contributed by atoms with Crippen molar-refractivity contribution in [2.45, 2.75) is 50.7 Å². The summed E-state index contributed by atoms with van der Waals surface area (Å²) in [6, 6.07) is 7.65. The molecule has 1 spiro atoms. The minimum Gasteiger partial charge on any atom is -0.497 e. The van der Waals surface area contributed by atoms with E-state index in [1.54, 1.807) is 7.11 Å². The fraction of sp³-hybridized carbons (Fsp3) is 0.560. The van der Waals surface area contributed by atoms with Crippen molar-refractivity contribution in [1.29, 1.82) is 0 Å². The van der Waals surface area contributed by atoms with Crippen molar-refractivity contribution >= 4 is 11.8 Å². The number of nitrogens with zero attached hydrogens (tertiary/aromatic N) is 3. The molecule has 3 heterocycles. The van der Waals surface area contributed by atoms with Crippen LogP contribution in [0.25, 0.3) is 0 Å². The first-order valence-electron chi connectivity index (χ1n) is 11.8. The monoisotopic (exact) mass is 452 g/mol. The number of hydrogen-bond acceptors (Lipinski definition) is 5. The lowest BCUT2D eigenvalue weighted by molar-refractivity contribution is -0.140. The second-order valence-electron chi connectivity index (χ2n) is 9.60. The lowest BCUT2D eigenvalue weighted by Gasteiger charge is -2.44. The molecule has 8 nitrogen and oxygen atoms in total. The van der Waals surface area contributed by atoms with Crippen molar-refractivity contribution in [3.63, 3.8) is 0 Å². The maximum absolute atomic E-state index is 12.8. The van der Waals surface area contributed by atoms with Gasteiger partial charge in [-0.15, -0.1) is 0 Å². The van der Waals surface area contributed by atoms with Crippen LogP contribution in [0, 0.1) is 5.92 Å². The molecule has 1 N–H and O–H groups in total. The van der Waals surface area contributed by atoms with E-state index in [-0.39, 0.29) is 17.4 Å². The molecule has 1 aromatic heterocycles. The van der Waals surface area contributed by atoms with Gasteiger partial charge in [-0.05, 0) is 49.3 Å². The van der Waals surface area contributed by atoms with Gasteiger partial charge in [0.15, 0.2) is 5.69 Å². The van der Waals surface area contributed by atoms with Gasteiger partial charge in [0.05, 0.1) is 25.7 Å². The fourth-order valence-electron chi connectivity index (χ4n) is 4.90. The highest BCUT2D eigenvalue weighted by molar-refractivity contribution is 5.94. The van der Waals surface area contributed by atoms with E-state index in [9.17, 15) is 9.59 Å². The number of hydrogen-bond donors (Lipinski definition) is 1. The number of carbonyl (C=O) groups is 2. The van der Waals surface area contributed by atoms with Gasteiger partial charge in [0.25, 0.3) is 5.91 Å². The van der Waals surface area contributed by atoms with Crippen LogP contribution in [0.4, 0.5) is 0 Å². The summed E-state index contributed by atoms with van der Waals surface area (Å²) >= 11 is 0. The van der Waals surface area contributed by atoms with Crippen molar-refractivity contribution < 1.29 is 19.1 Å². The quantitative estimate of drug-likeness (QED) is 0.727. The van der Waals surface area contributed by atoms with Crippen LogP contribution in [0.1, 0.15) is 53.0 Å². The molecule has 2 amide bonds. The highest BCUT2D eigenvalue weighted by Crippen LogP contribution is 2.37. The van der Waals surface area contributed by atoms with E-state index in [2.05, 4.69) is 10.4 Å². The molecule has 1 saturated carbocycles. The molecule has 3 aliphatic rings. The van der Waals surface area contributed by atoms with Crippen molar-refractivity contribution in [1.82, 2.24) is 20.0 Å². The standard InChI is InChI=1S/C25H32N4O4/c1-28-21-14-25(33-16-20(21)23(27-28)24(31)26-15-18-3-4-18)9-11-29(12-10-25)22(30)13-17-5-7-19(32-2)8-6-17/h5-8,18H,3-4,9-16H2,1-2H3,(H,26,31). The lowest BCUT2D eigenvalue weighted by Crippen LogP contribution is -2.51. The third-order valence-electron chi connectivity index (χ3n) is 7.29. The molecule has 1 aliphatic carbocycles. The van der Waals surface area contributed by atoms with Crippen LogP contribution in [0.5, 0.6) is 5.75 Å². The fourth-order valence-corrected chi connectivity index (χ4v) is 4.90.